The molecule has 0 amide bonds. The molecule has 1 aliphatic heterocycles. The van der Waals surface area contributed by atoms with Crippen molar-refractivity contribution in [3.8, 4) is 0 Å². The van der Waals surface area contributed by atoms with Crippen LogP contribution >= 0.6 is 24.0 Å². The first-order valence-electron chi connectivity index (χ1n) is 8.49. The second-order valence-corrected chi connectivity index (χ2v) is 5.92. The van der Waals surface area contributed by atoms with Gasteiger partial charge in [-0.25, -0.2) is 4.99 Å². The lowest BCUT2D eigenvalue weighted by Gasteiger charge is -2.26. The molecule has 2 aromatic rings. The van der Waals surface area contributed by atoms with Gasteiger partial charge in [0, 0.05) is 31.2 Å². The molecule has 1 saturated heterocycles. The molecule has 136 valence electrons. The second kappa shape index (κ2) is 10.5. The molecule has 6 nitrogen and oxygen atoms in total. The molecule has 0 unspecified atom stereocenters. The summed E-state index contributed by atoms with van der Waals surface area (Å²) in [6.45, 7) is 6.21. The molecule has 25 heavy (non-hydrogen) atoms. The zero-order valence-electron chi connectivity index (χ0n) is 14.4. The monoisotopic (exact) mass is 455 g/mol. The summed E-state index contributed by atoms with van der Waals surface area (Å²) >= 11 is 0. The van der Waals surface area contributed by atoms with E-state index in [9.17, 15) is 0 Å². The van der Waals surface area contributed by atoms with E-state index in [-0.39, 0.29) is 24.0 Å². The maximum absolute atomic E-state index is 5.97. The Morgan fingerprint density at radius 1 is 1.24 bits per heavy atom. The lowest BCUT2D eigenvalue weighted by atomic mass is 10.1. The van der Waals surface area contributed by atoms with Gasteiger partial charge >= 0.3 is 0 Å². The van der Waals surface area contributed by atoms with E-state index in [4.69, 9.17) is 10.5 Å². The van der Waals surface area contributed by atoms with Crippen molar-refractivity contribution in [3.05, 3.63) is 42.1 Å². The standard InChI is InChI=1S/C18H25N5O.HI/c19-18(21-7-3-9-23-10-12-24-13-11-23)22-14-15-6-8-20-17-5-2-1-4-16(15)17;/h1-2,4-6,8H,3,7,9-14H2,(H3,19,21,22);1H. The van der Waals surface area contributed by atoms with Gasteiger partial charge in [-0.1, -0.05) is 18.2 Å². The Hall–Kier alpha value is -1.45. The minimum atomic E-state index is 0. The number of aliphatic imine (C=N–C) groups is 1. The fourth-order valence-corrected chi connectivity index (χ4v) is 2.86. The Balaban J connectivity index is 0.00000225. The SMILES string of the molecule is I.NC(=NCc1ccnc2ccccc12)NCCCN1CCOCC1. The quantitative estimate of drug-likeness (QED) is 0.302. The molecule has 0 saturated carbocycles. The van der Waals surface area contributed by atoms with Crippen molar-refractivity contribution in [2.24, 2.45) is 10.7 Å². The number of hydrogen-bond acceptors (Lipinski definition) is 4. The highest BCUT2D eigenvalue weighted by Gasteiger charge is 2.09. The number of nitrogens with two attached hydrogens (primary N) is 1. The van der Waals surface area contributed by atoms with Crippen molar-refractivity contribution in [1.29, 1.82) is 0 Å². The zero-order chi connectivity index (χ0) is 16.6. The van der Waals surface area contributed by atoms with Crippen LogP contribution in [0.15, 0.2) is 41.5 Å². The molecule has 0 spiro atoms. The van der Waals surface area contributed by atoms with Crippen LogP contribution in [0.25, 0.3) is 10.9 Å². The Labute approximate surface area is 165 Å². The van der Waals surface area contributed by atoms with Crippen LogP contribution in [0.1, 0.15) is 12.0 Å². The number of pyridine rings is 1. The van der Waals surface area contributed by atoms with E-state index in [1.54, 1.807) is 0 Å². The van der Waals surface area contributed by atoms with Crippen molar-refractivity contribution >= 4 is 40.8 Å². The molecule has 1 aromatic heterocycles. The first-order chi connectivity index (χ1) is 11.8. The number of benzene rings is 1. The summed E-state index contributed by atoms with van der Waals surface area (Å²) in [5.74, 6) is 0.498. The summed E-state index contributed by atoms with van der Waals surface area (Å²) in [5.41, 5.74) is 8.10. The van der Waals surface area contributed by atoms with Crippen molar-refractivity contribution in [1.82, 2.24) is 15.2 Å². The summed E-state index contributed by atoms with van der Waals surface area (Å²) in [6.07, 6.45) is 2.87. The van der Waals surface area contributed by atoms with E-state index < -0.39 is 0 Å². The van der Waals surface area contributed by atoms with Crippen LogP contribution in [0, 0.1) is 0 Å². The number of ether oxygens (including phenoxy) is 1. The lowest BCUT2D eigenvalue weighted by molar-refractivity contribution is 0.0376. The van der Waals surface area contributed by atoms with Crippen LogP contribution in [0.3, 0.4) is 0 Å². The van der Waals surface area contributed by atoms with Crippen LogP contribution in [0.2, 0.25) is 0 Å². The maximum atomic E-state index is 5.97. The average Bonchev–Trinajstić information content (AvgIpc) is 2.64. The number of fused-ring (bicyclic) bond motifs is 1. The molecule has 3 N–H and O–H groups in total. The van der Waals surface area contributed by atoms with E-state index in [1.165, 1.54) is 0 Å². The van der Waals surface area contributed by atoms with Crippen molar-refractivity contribution in [2.75, 3.05) is 39.4 Å². The third kappa shape index (κ3) is 6.09. The molecule has 7 heteroatoms. The third-order valence-corrected chi connectivity index (χ3v) is 4.22. The van der Waals surface area contributed by atoms with Gasteiger partial charge in [0.25, 0.3) is 0 Å². The lowest BCUT2D eigenvalue weighted by Crippen LogP contribution is -2.39. The molecule has 1 aromatic carbocycles. The van der Waals surface area contributed by atoms with Gasteiger partial charge in [-0.15, -0.1) is 24.0 Å². The van der Waals surface area contributed by atoms with Gasteiger partial charge in [0.15, 0.2) is 5.96 Å². The predicted octanol–water partition coefficient (Wildman–Crippen LogP) is 1.98. The number of aromatic nitrogens is 1. The number of nitrogens with one attached hydrogen (secondary N) is 1. The Morgan fingerprint density at radius 3 is 2.88 bits per heavy atom. The molecule has 1 aliphatic rings. The van der Waals surface area contributed by atoms with Crippen molar-refractivity contribution in [2.45, 2.75) is 13.0 Å². The summed E-state index contributed by atoms with van der Waals surface area (Å²) < 4.78 is 5.35. The highest BCUT2D eigenvalue weighted by Crippen LogP contribution is 2.16. The first kappa shape index (κ1) is 19.9. The predicted molar refractivity (Wildman–Crippen MR) is 112 cm³/mol. The van der Waals surface area contributed by atoms with Crippen LogP contribution in [-0.4, -0.2) is 55.2 Å². The van der Waals surface area contributed by atoms with Crippen LogP contribution in [-0.2, 0) is 11.3 Å². The smallest absolute Gasteiger partial charge is 0.188 e. The minimum Gasteiger partial charge on any atom is -0.379 e. The van der Waals surface area contributed by atoms with E-state index in [0.29, 0.717) is 12.5 Å². The molecule has 1 fully saturated rings. The fraction of sp³-hybridized carbons (Fsp3) is 0.444. The van der Waals surface area contributed by atoms with E-state index in [0.717, 1.165) is 62.3 Å². The topological polar surface area (TPSA) is 75.8 Å². The summed E-state index contributed by atoms with van der Waals surface area (Å²) in [6, 6.07) is 10.1. The Bertz CT molecular complexity index is 683. The number of halogens is 1. The molecule has 0 bridgehead atoms. The molecule has 0 radical (unpaired) electrons. The zero-order valence-corrected chi connectivity index (χ0v) is 16.7. The number of para-hydroxylation sites is 1. The van der Waals surface area contributed by atoms with E-state index in [2.05, 4.69) is 26.3 Å². The number of hydrogen-bond donors (Lipinski definition) is 2. The molecule has 0 aliphatic carbocycles. The van der Waals surface area contributed by atoms with Crippen molar-refractivity contribution in [3.63, 3.8) is 0 Å². The van der Waals surface area contributed by atoms with Crippen LogP contribution < -0.4 is 11.1 Å². The number of guanidine groups is 1. The second-order valence-electron chi connectivity index (χ2n) is 5.92. The largest absolute Gasteiger partial charge is 0.379 e. The number of morpholine rings is 1. The van der Waals surface area contributed by atoms with Crippen LogP contribution in [0.5, 0.6) is 0 Å². The third-order valence-electron chi connectivity index (χ3n) is 4.22. The Morgan fingerprint density at radius 2 is 2.04 bits per heavy atom. The van der Waals surface area contributed by atoms with Gasteiger partial charge < -0.3 is 15.8 Å². The van der Waals surface area contributed by atoms with Gasteiger partial charge in [0.05, 0.1) is 25.3 Å². The summed E-state index contributed by atoms with van der Waals surface area (Å²) in [5, 5.41) is 4.32. The number of nitrogens with zero attached hydrogens (tertiary/aromatic N) is 3. The first-order valence-corrected chi connectivity index (χ1v) is 8.49. The summed E-state index contributed by atoms with van der Waals surface area (Å²) in [7, 11) is 0. The Kier molecular flexibility index (Phi) is 8.36. The molecule has 3 rings (SSSR count). The average molecular weight is 455 g/mol. The van der Waals surface area contributed by atoms with Crippen molar-refractivity contribution < 1.29 is 4.74 Å². The number of rotatable bonds is 6. The highest BCUT2D eigenvalue weighted by atomic mass is 127. The molecular formula is C18H26IN5O. The molecule has 0 atom stereocenters. The summed E-state index contributed by atoms with van der Waals surface area (Å²) in [4.78, 5) is 11.2. The molecular weight excluding hydrogens is 429 g/mol. The van der Waals surface area contributed by atoms with Crippen LogP contribution in [0.4, 0.5) is 0 Å². The molecule has 2 heterocycles. The minimum absolute atomic E-state index is 0. The van der Waals surface area contributed by atoms with E-state index in [1.807, 2.05) is 30.5 Å². The van der Waals surface area contributed by atoms with E-state index >= 15 is 0 Å². The van der Waals surface area contributed by atoms with Gasteiger partial charge in [0.1, 0.15) is 0 Å². The highest BCUT2D eigenvalue weighted by molar-refractivity contribution is 14.0. The van der Waals surface area contributed by atoms with Gasteiger partial charge in [0.2, 0.25) is 0 Å². The maximum Gasteiger partial charge on any atom is 0.188 e. The van der Waals surface area contributed by atoms with Gasteiger partial charge in [-0.3, -0.25) is 9.88 Å². The fourth-order valence-electron chi connectivity index (χ4n) is 2.86. The van der Waals surface area contributed by atoms with Gasteiger partial charge in [-0.2, -0.15) is 0 Å². The normalized spacial score (nSPS) is 15.8. The van der Waals surface area contributed by atoms with Gasteiger partial charge in [-0.05, 0) is 30.7 Å².